The van der Waals surface area contributed by atoms with Crippen molar-refractivity contribution in [3.05, 3.63) is 35.9 Å². The molecule has 20 heavy (non-hydrogen) atoms. The average molecular weight is 278 g/mol. The molecule has 0 aliphatic rings. The molecule has 1 aromatic rings. The fourth-order valence-electron chi connectivity index (χ4n) is 2.63. The van der Waals surface area contributed by atoms with E-state index >= 15 is 0 Å². The summed E-state index contributed by atoms with van der Waals surface area (Å²) < 4.78 is 0. The summed E-state index contributed by atoms with van der Waals surface area (Å²) in [6.07, 6.45) is 11.2. The third kappa shape index (κ3) is 6.06. The Morgan fingerprint density at radius 2 is 1.45 bits per heavy atom. The molecule has 0 spiro atoms. The topological polar surface area (TPSA) is 29.5 Å². The third-order valence-electron chi connectivity index (χ3n) is 4.09. The minimum Gasteiger partial charge on any atom is -0.251 e. The van der Waals surface area contributed by atoms with Crippen LogP contribution in [0.1, 0.15) is 77.2 Å². The minimum absolute atomic E-state index is 0.566. The molecule has 114 valence electrons. The average Bonchev–Trinajstić information content (AvgIpc) is 2.50. The Kier molecular flexibility index (Phi) is 8.56. The van der Waals surface area contributed by atoms with Crippen LogP contribution < -0.4 is 0 Å². The maximum absolute atomic E-state index is 9.24. The summed E-state index contributed by atoms with van der Waals surface area (Å²) in [7, 11) is 0. The van der Waals surface area contributed by atoms with Gasteiger partial charge in [-0.05, 0) is 18.9 Å². The lowest BCUT2D eigenvalue weighted by atomic mass is 9.90. The number of rotatable bonds is 11. The standard InChI is InChI=1S/C18H30O2/c1-3-4-5-6-7-8-9-13-16-18(2,20-19)17-14-11-10-12-15-17/h10-12,14-15,19H,3-9,13,16H2,1-2H3. The van der Waals surface area contributed by atoms with Crippen molar-refractivity contribution in [2.75, 3.05) is 0 Å². The molecule has 1 atom stereocenters. The first kappa shape index (κ1) is 17.2. The Hall–Kier alpha value is -0.860. The summed E-state index contributed by atoms with van der Waals surface area (Å²) >= 11 is 0. The van der Waals surface area contributed by atoms with E-state index in [9.17, 15) is 5.26 Å². The van der Waals surface area contributed by atoms with Crippen LogP contribution in [0, 0.1) is 0 Å². The van der Waals surface area contributed by atoms with Crippen molar-refractivity contribution >= 4 is 0 Å². The molecule has 0 amide bonds. The molecule has 0 bridgehead atoms. The van der Waals surface area contributed by atoms with Crippen LogP contribution in [0.3, 0.4) is 0 Å². The summed E-state index contributed by atoms with van der Waals surface area (Å²) in [4.78, 5) is 4.78. The van der Waals surface area contributed by atoms with Gasteiger partial charge in [-0.1, -0.05) is 88.6 Å². The van der Waals surface area contributed by atoms with Crippen molar-refractivity contribution in [3.8, 4) is 0 Å². The lowest BCUT2D eigenvalue weighted by Crippen LogP contribution is -2.24. The van der Waals surface area contributed by atoms with Crippen molar-refractivity contribution in [1.29, 1.82) is 0 Å². The highest BCUT2D eigenvalue weighted by Crippen LogP contribution is 2.30. The van der Waals surface area contributed by atoms with E-state index in [1.54, 1.807) is 0 Å². The first-order chi connectivity index (χ1) is 9.73. The second-order valence-corrected chi connectivity index (χ2v) is 5.91. The van der Waals surface area contributed by atoms with Gasteiger partial charge in [-0.15, -0.1) is 0 Å². The maximum Gasteiger partial charge on any atom is 0.125 e. The van der Waals surface area contributed by atoms with Crippen molar-refractivity contribution in [2.24, 2.45) is 0 Å². The second kappa shape index (κ2) is 9.95. The molecule has 0 radical (unpaired) electrons. The summed E-state index contributed by atoms with van der Waals surface area (Å²) in [6.45, 7) is 4.21. The smallest absolute Gasteiger partial charge is 0.125 e. The van der Waals surface area contributed by atoms with E-state index in [0.29, 0.717) is 0 Å². The van der Waals surface area contributed by atoms with Crippen LogP contribution in [-0.4, -0.2) is 5.26 Å². The minimum atomic E-state index is -0.566. The predicted molar refractivity (Wildman–Crippen MR) is 84.7 cm³/mol. The first-order valence-corrected chi connectivity index (χ1v) is 8.11. The van der Waals surface area contributed by atoms with Gasteiger partial charge in [0.1, 0.15) is 5.60 Å². The highest BCUT2D eigenvalue weighted by atomic mass is 17.1. The molecular formula is C18H30O2. The Morgan fingerprint density at radius 3 is 2.00 bits per heavy atom. The van der Waals surface area contributed by atoms with Crippen molar-refractivity contribution in [3.63, 3.8) is 0 Å². The van der Waals surface area contributed by atoms with Gasteiger partial charge in [0.2, 0.25) is 0 Å². The molecule has 1 N–H and O–H groups in total. The summed E-state index contributed by atoms with van der Waals surface area (Å²) in [6, 6.07) is 9.99. The fraction of sp³-hybridized carbons (Fsp3) is 0.667. The molecule has 0 saturated carbocycles. The molecule has 1 aromatic carbocycles. The van der Waals surface area contributed by atoms with Gasteiger partial charge in [0.15, 0.2) is 0 Å². The van der Waals surface area contributed by atoms with E-state index < -0.39 is 5.60 Å². The maximum atomic E-state index is 9.24. The van der Waals surface area contributed by atoms with Gasteiger partial charge in [-0.25, -0.2) is 4.89 Å². The van der Waals surface area contributed by atoms with Gasteiger partial charge in [0.05, 0.1) is 0 Å². The lowest BCUT2D eigenvalue weighted by Gasteiger charge is -2.26. The van der Waals surface area contributed by atoms with E-state index in [-0.39, 0.29) is 0 Å². The molecule has 0 aromatic heterocycles. The largest absolute Gasteiger partial charge is 0.251 e. The highest BCUT2D eigenvalue weighted by Gasteiger charge is 2.27. The van der Waals surface area contributed by atoms with Crippen LogP contribution in [0.4, 0.5) is 0 Å². The zero-order valence-corrected chi connectivity index (χ0v) is 13.1. The molecular weight excluding hydrogens is 248 g/mol. The Bertz CT molecular complexity index is 337. The van der Waals surface area contributed by atoms with E-state index in [4.69, 9.17) is 4.89 Å². The SMILES string of the molecule is CCCCCCCCCCC(C)(OO)c1ccccc1. The van der Waals surface area contributed by atoms with Crippen molar-refractivity contribution < 1.29 is 10.1 Å². The van der Waals surface area contributed by atoms with E-state index in [2.05, 4.69) is 6.92 Å². The lowest BCUT2D eigenvalue weighted by molar-refractivity contribution is -0.326. The molecule has 0 aliphatic carbocycles. The van der Waals surface area contributed by atoms with Gasteiger partial charge in [0, 0.05) is 0 Å². The molecule has 0 heterocycles. The van der Waals surface area contributed by atoms with Crippen molar-refractivity contribution in [2.45, 2.75) is 77.2 Å². The molecule has 2 heteroatoms. The van der Waals surface area contributed by atoms with Crippen LogP contribution >= 0.6 is 0 Å². The van der Waals surface area contributed by atoms with Gasteiger partial charge in [0.25, 0.3) is 0 Å². The number of benzene rings is 1. The molecule has 2 nitrogen and oxygen atoms in total. The zero-order chi connectivity index (χ0) is 14.7. The van der Waals surface area contributed by atoms with Crippen LogP contribution in [-0.2, 0) is 10.5 Å². The summed E-state index contributed by atoms with van der Waals surface area (Å²) in [5.41, 5.74) is 0.481. The van der Waals surface area contributed by atoms with E-state index in [1.807, 2.05) is 37.3 Å². The van der Waals surface area contributed by atoms with Gasteiger partial charge >= 0.3 is 0 Å². The van der Waals surface area contributed by atoms with E-state index in [1.165, 1.54) is 44.9 Å². The molecule has 0 aliphatic heterocycles. The first-order valence-electron chi connectivity index (χ1n) is 8.11. The van der Waals surface area contributed by atoms with Crippen LogP contribution in [0.15, 0.2) is 30.3 Å². The van der Waals surface area contributed by atoms with E-state index in [0.717, 1.165) is 18.4 Å². The Balaban J connectivity index is 2.22. The quantitative estimate of drug-likeness (QED) is 0.309. The number of hydrogen-bond donors (Lipinski definition) is 1. The molecule has 1 rings (SSSR count). The van der Waals surface area contributed by atoms with Crippen LogP contribution in [0.2, 0.25) is 0 Å². The summed E-state index contributed by atoms with van der Waals surface area (Å²) in [5.74, 6) is 0. The Labute approximate surface area is 124 Å². The van der Waals surface area contributed by atoms with Crippen LogP contribution in [0.25, 0.3) is 0 Å². The Morgan fingerprint density at radius 1 is 0.900 bits per heavy atom. The van der Waals surface area contributed by atoms with Crippen LogP contribution in [0.5, 0.6) is 0 Å². The van der Waals surface area contributed by atoms with Gasteiger partial charge < -0.3 is 0 Å². The van der Waals surface area contributed by atoms with Crippen molar-refractivity contribution in [1.82, 2.24) is 0 Å². The predicted octanol–water partition coefficient (Wildman–Crippen LogP) is 5.92. The monoisotopic (exact) mass is 278 g/mol. The number of unbranched alkanes of at least 4 members (excludes halogenated alkanes) is 7. The molecule has 0 fully saturated rings. The molecule has 0 saturated heterocycles. The number of hydrogen-bond acceptors (Lipinski definition) is 2. The fourth-order valence-corrected chi connectivity index (χ4v) is 2.63. The van der Waals surface area contributed by atoms with Gasteiger partial charge in [-0.3, -0.25) is 5.26 Å². The zero-order valence-electron chi connectivity index (χ0n) is 13.1. The third-order valence-corrected chi connectivity index (χ3v) is 4.09. The highest BCUT2D eigenvalue weighted by molar-refractivity contribution is 5.21. The molecule has 1 unspecified atom stereocenters. The summed E-state index contributed by atoms with van der Waals surface area (Å²) in [5, 5.41) is 9.24. The second-order valence-electron chi connectivity index (χ2n) is 5.91. The normalized spacial score (nSPS) is 14.2. The van der Waals surface area contributed by atoms with Gasteiger partial charge in [-0.2, -0.15) is 0 Å².